The topological polar surface area (TPSA) is 93.5 Å². The summed E-state index contributed by atoms with van der Waals surface area (Å²) in [5.74, 6) is -0.400. The number of hydrogen-bond acceptors (Lipinski definition) is 6. The number of benzene rings is 2. The van der Waals surface area contributed by atoms with Crippen LogP contribution < -0.4 is 10.6 Å². The van der Waals surface area contributed by atoms with Crippen LogP contribution in [0.15, 0.2) is 47.4 Å². The van der Waals surface area contributed by atoms with E-state index in [-0.39, 0.29) is 11.3 Å². The molecule has 8 heteroatoms. The van der Waals surface area contributed by atoms with Gasteiger partial charge in [-0.1, -0.05) is 0 Å². The molecule has 0 unspecified atom stereocenters. The van der Waals surface area contributed by atoms with E-state index in [1.807, 2.05) is 18.4 Å². The number of anilines is 2. The van der Waals surface area contributed by atoms with Crippen LogP contribution in [0.5, 0.6) is 0 Å². The number of ether oxygens (including phenoxy) is 1. The van der Waals surface area contributed by atoms with E-state index in [0.29, 0.717) is 24.5 Å². The van der Waals surface area contributed by atoms with Gasteiger partial charge in [0.1, 0.15) is 5.69 Å². The Bertz CT molecular complexity index is 750. The molecule has 1 amide bonds. The molecule has 0 bridgehead atoms. The number of carbonyl (C=O) groups is 1. The van der Waals surface area contributed by atoms with E-state index in [4.69, 9.17) is 4.74 Å². The maximum Gasteiger partial charge on any atom is 0.293 e. The summed E-state index contributed by atoms with van der Waals surface area (Å²) >= 11 is 1.60. The van der Waals surface area contributed by atoms with Gasteiger partial charge in [0.2, 0.25) is 0 Å². The predicted molar refractivity (Wildman–Crippen MR) is 99.6 cm³/mol. The number of nitrogens with one attached hydrogen (secondary N) is 2. The van der Waals surface area contributed by atoms with Crippen molar-refractivity contribution in [3.8, 4) is 0 Å². The van der Waals surface area contributed by atoms with Crippen molar-refractivity contribution in [1.82, 2.24) is 0 Å². The highest BCUT2D eigenvalue weighted by molar-refractivity contribution is 7.98. The summed E-state index contributed by atoms with van der Waals surface area (Å²) in [4.78, 5) is 24.2. The zero-order valence-corrected chi connectivity index (χ0v) is 14.8. The Kier molecular flexibility index (Phi) is 6.79. The standard InChI is InChI=1S/C17H19N3O4S/c1-24-10-9-18-15-8-3-12(11-16(15)20(22)23)17(21)19-13-4-6-14(25-2)7-5-13/h3-8,11,18H,9-10H2,1-2H3,(H,19,21). The third-order valence-electron chi connectivity index (χ3n) is 3.43. The van der Waals surface area contributed by atoms with E-state index >= 15 is 0 Å². The fourth-order valence-electron chi connectivity index (χ4n) is 2.14. The second kappa shape index (κ2) is 9.05. The van der Waals surface area contributed by atoms with Crippen LogP contribution in [0.25, 0.3) is 0 Å². The number of amides is 1. The van der Waals surface area contributed by atoms with Crippen LogP contribution in [-0.4, -0.2) is 37.3 Å². The number of thioether (sulfide) groups is 1. The predicted octanol–water partition coefficient (Wildman–Crippen LogP) is 3.63. The molecule has 0 aliphatic carbocycles. The molecule has 0 saturated heterocycles. The van der Waals surface area contributed by atoms with Crippen LogP contribution in [0.2, 0.25) is 0 Å². The SMILES string of the molecule is COCCNc1ccc(C(=O)Nc2ccc(SC)cc2)cc1[N+](=O)[O-]. The molecule has 0 fully saturated rings. The largest absolute Gasteiger partial charge is 0.383 e. The first kappa shape index (κ1) is 18.8. The average Bonchev–Trinajstić information content (AvgIpc) is 2.62. The summed E-state index contributed by atoms with van der Waals surface area (Å²) in [7, 11) is 1.55. The van der Waals surface area contributed by atoms with Gasteiger partial charge in [-0.25, -0.2) is 0 Å². The molecule has 2 aromatic carbocycles. The van der Waals surface area contributed by atoms with Crippen LogP contribution in [0.1, 0.15) is 10.4 Å². The van der Waals surface area contributed by atoms with Gasteiger partial charge < -0.3 is 15.4 Å². The monoisotopic (exact) mass is 361 g/mol. The highest BCUT2D eigenvalue weighted by Gasteiger charge is 2.17. The van der Waals surface area contributed by atoms with E-state index in [0.717, 1.165) is 4.90 Å². The number of carbonyl (C=O) groups excluding carboxylic acids is 1. The van der Waals surface area contributed by atoms with Gasteiger partial charge in [0, 0.05) is 35.9 Å². The third kappa shape index (κ3) is 5.20. The maximum atomic E-state index is 12.3. The lowest BCUT2D eigenvalue weighted by Gasteiger charge is -2.09. The smallest absolute Gasteiger partial charge is 0.293 e. The minimum atomic E-state index is -0.515. The summed E-state index contributed by atoms with van der Waals surface area (Å²) in [6.45, 7) is 0.857. The summed E-state index contributed by atoms with van der Waals surface area (Å²) in [6, 6.07) is 11.7. The molecule has 132 valence electrons. The Morgan fingerprint density at radius 2 is 1.96 bits per heavy atom. The fraction of sp³-hybridized carbons (Fsp3) is 0.235. The van der Waals surface area contributed by atoms with Gasteiger partial charge in [0.25, 0.3) is 11.6 Å². The molecule has 7 nitrogen and oxygen atoms in total. The van der Waals surface area contributed by atoms with Crippen molar-refractivity contribution in [2.24, 2.45) is 0 Å². The molecular weight excluding hydrogens is 342 g/mol. The Balaban J connectivity index is 2.15. The van der Waals surface area contributed by atoms with Crippen LogP contribution in [-0.2, 0) is 4.74 Å². The lowest BCUT2D eigenvalue weighted by atomic mass is 10.1. The van der Waals surface area contributed by atoms with Crippen molar-refractivity contribution in [2.75, 3.05) is 37.2 Å². The number of nitro groups is 1. The highest BCUT2D eigenvalue weighted by Crippen LogP contribution is 2.26. The zero-order chi connectivity index (χ0) is 18.2. The van der Waals surface area contributed by atoms with Crippen LogP contribution in [0.4, 0.5) is 17.1 Å². The first-order valence-corrected chi connectivity index (χ1v) is 8.74. The van der Waals surface area contributed by atoms with E-state index in [1.54, 1.807) is 37.1 Å². The molecule has 0 radical (unpaired) electrons. The molecule has 0 aromatic heterocycles. The van der Waals surface area contributed by atoms with Crippen molar-refractivity contribution in [3.63, 3.8) is 0 Å². The second-order valence-corrected chi connectivity index (χ2v) is 5.97. The summed E-state index contributed by atoms with van der Waals surface area (Å²) in [6.07, 6.45) is 1.97. The maximum absolute atomic E-state index is 12.3. The van der Waals surface area contributed by atoms with E-state index in [2.05, 4.69) is 10.6 Å². The quantitative estimate of drug-likeness (QED) is 0.323. The van der Waals surface area contributed by atoms with Gasteiger partial charge in [-0.3, -0.25) is 14.9 Å². The molecule has 0 saturated carbocycles. The lowest BCUT2D eigenvalue weighted by Crippen LogP contribution is -2.13. The van der Waals surface area contributed by atoms with Gasteiger partial charge >= 0.3 is 0 Å². The van der Waals surface area contributed by atoms with Crippen LogP contribution in [0, 0.1) is 10.1 Å². The molecular formula is C17H19N3O4S. The highest BCUT2D eigenvalue weighted by atomic mass is 32.2. The van der Waals surface area contributed by atoms with E-state index in [1.165, 1.54) is 12.1 Å². The first-order valence-electron chi connectivity index (χ1n) is 7.52. The van der Waals surface area contributed by atoms with E-state index in [9.17, 15) is 14.9 Å². The van der Waals surface area contributed by atoms with Crippen molar-refractivity contribution >= 4 is 34.7 Å². The van der Waals surface area contributed by atoms with Crippen LogP contribution in [0.3, 0.4) is 0 Å². The molecule has 0 aliphatic heterocycles. The number of nitro benzene ring substituents is 1. The molecule has 25 heavy (non-hydrogen) atoms. The minimum Gasteiger partial charge on any atom is -0.383 e. The minimum absolute atomic E-state index is 0.151. The zero-order valence-electron chi connectivity index (χ0n) is 13.9. The van der Waals surface area contributed by atoms with Crippen molar-refractivity contribution in [2.45, 2.75) is 4.90 Å². The molecule has 2 N–H and O–H groups in total. The summed E-state index contributed by atoms with van der Waals surface area (Å²) in [5, 5.41) is 16.9. The van der Waals surface area contributed by atoms with Crippen LogP contribution >= 0.6 is 11.8 Å². The first-order chi connectivity index (χ1) is 12.0. The van der Waals surface area contributed by atoms with Gasteiger partial charge in [0.15, 0.2) is 0 Å². The number of rotatable bonds is 8. The Morgan fingerprint density at radius 3 is 2.56 bits per heavy atom. The van der Waals surface area contributed by atoms with Crippen molar-refractivity contribution in [3.05, 3.63) is 58.1 Å². The Labute approximate surface area is 149 Å². The molecule has 0 atom stereocenters. The summed E-state index contributed by atoms with van der Waals surface area (Å²) < 4.78 is 4.91. The average molecular weight is 361 g/mol. The molecule has 0 heterocycles. The van der Waals surface area contributed by atoms with Gasteiger partial charge in [-0.2, -0.15) is 0 Å². The van der Waals surface area contributed by atoms with Crippen molar-refractivity contribution < 1.29 is 14.5 Å². The lowest BCUT2D eigenvalue weighted by molar-refractivity contribution is -0.384. The number of methoxy groups -OCH3 is 1. The normalized spacial score (nSPS) is 10.3. The molecule has 0 aliphatic rings. The van der Waals surface area contributed by atoms with Gasteiger partial charge in [-0.05, 0) is 42.7 Å². The molecule has 2 rings (SSSR count). The Hall–Kier alpha value is -2.58. The fourth-order valence-corrected chi connectivity index (χ4v) is 2.55. The second-order valence-electron chi connectivity index (χ2n) is 5.09. The third-order valence-corrected chi connectivity index (χ3v) is 4.17. The number of hydrogen-bond donors (Lipinski definition) is 2. The summed E-state index contributed by atoms with van der Waals surface area (Å²) in [5.41, 5.74) is 1.05. The number of nitrogens with zero attached hydrogens (tertiary/aromatic N) is 1. The molecule has 0 spiro atoms. The van der Waals surface area contributed by atoms with Gasteiger partial charge in [0.05, 0.1) is 11.5 Å². The molecule has 2 aromatic rings. The Morgan fingerprint density at radius 1 is 1.24 bits per heavy atom. The van der Waals surface area contributed by atoms with Crippen molar-refractivity contribution in [1.29, 1.82) is 0 Å². The van der Waals surface area contributed by atoms with E-state index < -0.39 is 10.8 Å². The van der Waals surface area contributed by atoms with Gasteiger partial charge in [-0.15, -0.1) is 11.8 Å².